The maximum absolute atomic E-state index is 12.6. The molecular weight excluding hydrogens is 312 g/mol. The van der Waals surface area contributed by atoms with Gasteiger partial charge in [0.2, 0.25) is 0 Å². The van der Waals surface area contributed by atoms with E-state index in [1.54, 1.807) is 26.2 Å². The van der Waals surface area contributed by atoms with Gasteiger partial charge in [0.25, 0.3) is 0 Å². The summed E-state index contributed by atoms with van der Waals surface area (Å²) in [6.07, 6.45) is 0.289. The van der Waals surface area contributed by atoms with Gasteiger partial charge < -0.3 is 9.84 Å². The van der Waals surface area contributed by atoms with Gasteiger partial charge in [-0.15, -0.1) is 0 Å². The average molecular weight is 328 g/mol. The Morgan fingerprint density at radius 3 is 2.65 bits per heavy atom. The van der Waals surface area contributed by atoms with Crippen LogP contribution >= 0.6 is 11.8 Å². The molecule has 23 heavy (non-hydrogen) atoms. The van der Waals surface area contributed by atoms with E-state index in [-0.39, 0.29) is 12.2 Å². The van der Waals surface area contributed by atoms with Gasteiger partial charge >= 0.3 is 5.97 Å². The Morgan fingerprint density at radius 1 is 1.22 bits per heavy atom. The Bertz CT molecular complexity index is 798. The zero-order valence-corrected chi connectivity index (χ0v) is 13.6. The summed E-state index contributed by atoms with van der Waals surface area (Å²) in [5.41, 5.74) is 2.17. The van der Waals surface area contributed by atoms with Gasteiger partial charge in [0.05, 0.1) is 13.0 Å². The van der Waals surface area contributed by atoms with Crippen LogP contribution in [-0.2, 0) is 11.2 Å². The smallest absolute Gasteiger partial charge is 0.310 e. The SMILES string of the molecule is COc1ccc2c(c1)CC(=O)c1cc(C(C)C(=O)O)ccc1S2. The fourth-order valence-corrected chi connectivity index (χ4v) is 3.63. The molecule has 1 aliphatic heterocycles. The van der Waals surface area contributed by atoms with Crippen LogP contribution in [0, 0.1) is 0 Å². The highest BCUT2D eigenvalue weighted by Crippen LogP contribution is 2.39. The first kappa shape index (κ1) is 15.6. The molecular formula is C18H16O4S. The molecule has 1 N–H and O–H groups in total. The second-order valence-corrected chi connectivity index (χ2v) is 6.57. The van der Waals surface area contributed by atoms with Gasteiger partial charge in [-0.1, -0.05) is 17.8 Å². The van der Waals surface area contributed by atoms with Crippen molar-refractivity contribution in [2.45, 2.75) is 29.1 Å². The Hall–Kier alpha value is -2.27. The maximum atomic E-state index is 12.6. The van der Waals surface area contributed by atoms with Crippen molar-refractivity contribution < 1.29 is 19.4 Å². The summed E-state index contributed by atoms with van der Waals surface area (Å²) in [5.74, 6) is -0.808. The van der Waals surface area contributed by atoms with Gasteiger partial charge in [0.1, 0.15) is 5.75 Å². The van der Waals surface area contributed by atoms with Crippen LogP contribution in [-0.4, -0.2) is 24.0 Å². The molecule has 0 fully saturated rings. The lowest BCUT2D eigenvalue weighted by Crippen LogP contribution is -2.10. The first-order valence-electron chi connectivity index (χ1n) is 7.24. The van der Waals surface area contributed by atoms with Crippen molar-refractivity contribution in [1.29, 1.82) is 0 Å². The van der Waals surface area contributed by atoms with E-state index in [0.29, 0.717) is 11.1 Å². The van der Waals surface area contributed by atoms with Crippen LogP contribution in [0.2, 0.25) is 0 Å². The predicted octanol–water partition coefficient (Wildman–Crippen LogP) is 3.77. The Labute approximate surface area is 138 Å². The molecule has 2 aromatic carbocycles. The number of hydrogen-bond acceptors (Lipinski definition) is 4. The standard InChI is InChI=1S/C18H16O4S/c1-10(18(20)21)11-3-5-17-14(8-11)15(19)9-12-7-13(22-2)4-6-16(12)23-17/h3-8,10H,9H2,1-2H3,(H,20,21). The van der Waals surface area contributed by atoms with Gasteiger partial charge in [-0.2, -0.15) is 0 Å². The lowest BCUT2D eigenvalue weighted by atomic mass is 9.96. The van der Waals surface area contributed by atoms with E-state index in [4.69, 9.17) is 9.84 Å². The van der Waals surface area contributed by atoms with Gasteiger partial charge in [0.15, 0.2) is 5.78 Å². The molecule has 0 radical (unpaired) electrons. The zero-order valence-electron chi connectivity index (χ0n) is 12.8. The summed E-state index contributed by atoms with van der Waals surface area (Å²) >= 11 is 1.53. The summed E-state index contributed by atoms with van der Waals surface area (Å²) in [7, 11) is 1.60. The fraction of sp³-hybridized carbons (Fsp3) is 0.222. The summed E-state index contributed by atoms with van der Waals surface area (Å²) in [6.45, 7) is 1.62. The molecule has 0 aliphatic carbocycles. The molecule has 0 saturated heterocycles. The van der Waals surface area contributed by atoms with Crippen LogP contribution in [0.5, 0.6) is 5.75 Å². The number of benzene rings is 2. The van der Waals surface area contributed by atoms with Crippen LogP contribution in [0.4, 0.5) is 0 Å². The van der Waals surface area contributed by atoms with Crippen LogP contribution in [0.15, 0.2) is 46.2 Å². The monoisotopic (exact) mass is 328 g/mol. The number of ketones is 1. The number of methoxy groups -OCH3 is 1. The van der Waals surface area contributed by atoms with Crippen LogP contribution in [0.3, 0.4) is 0 Å². The van der Waals surface area contributed by atoms with Crippen LogP contribution in [0.25, 0.3) is 0 Å². The number of aliphatic carboxylic acids is 1. The molecule has 118 valence electrons. The first-order chi connectivity index (χ1) is 11.0. The molecule has 3 rings (SSSR count). The number of hydrogen-bond donors (Lipinski definition) is 1. The number of carboxylic acid groups (broad SMARTS) is 1. The first-order valence-corrected chi connectivity index (χ1v) is 8.06. The molecule has 0 spiro atoms. The third-order valence-electron chi connectivity index (χ3n) is 4.01. The average Bonchev–Trinajstić information content (AvgIpc) is 2.68. The second-order valence-electron chi connectivity index (χ2n) is 5.49. The summed E-state index contributed by atoms with van der Waals surface area (Å²) in [4.78, 5) is 25.7. The largest absolute Gasteiger partial charge is 0.497 e. The minimum absolute atomic E-state index is 0.000980. The number of ether oxygens (including phenoxy) is 1. The molecule has 5 heteroatoms. The predicted molar refractivity (Wildman–Crippen MR) is 87.6 cm³/mol. The van der Waals surface area contributed by atoms with Crippen molar-refractivity contribution in [2.75, 3.05) is 7.11 Å². The highest BCUT2D eigenvalue weighted by Gasteiger charge is 2.23. The van der Waals surface area contributed by atoms with E-state index in [9.17, 15) is 9.59 Å². The second kappa shape index (κ2) is 6.08. The molecule has 1 atom stereocenters. The van der Waals surface area contributed by atoms with Gasteiger partial charge in [-0.25, -0.2) is 0 Å². The third-order valence-corrected chi connectivity index (χ3v) is 5.21. The third kappa shape index (κ3) is 2.97. The molecule has 4 nitrogen and oxygen atoms in total. The van der Waals surface area contributed by atoms with Crippen molar-refractivity contribution >= 4 is 23.5 Å². The molecule has 0 aromatic heterocycles. The highest BCUT2D eigenvalue weighted by atomic mass is 32.2. The topological polar surface area (TPSA) is 63.6 Å². The van der Waals surface area contributed by atoms with Crippen molar-refractivity contribution in [2.24, 2.45) is 0 Å². The summed E-state index contributed by atoms with van der Waals surface area (Å²) in [5, 5.41) is 9.16. The van der Waals surface area contributed by atoms with Gasteiger partial charge in [0, 0.05) is 21.8 Å². The van der Waals surface area contributed by atoms with Crippen molar-refractivity contribution in [3.8, 4) is 5.75 Å². The van der Waals surface area contributed by atoms with Gasteiger partial charge in [-0.3, -0.25) is 9.59 Å². The molecule has 1 unspecified atom stereocenters. The maximum Gasteiger partial charge on any atom is 0.310 e. The van der Waals surface area contributed by atoms with E-state index in [1.807, 2.05) is 24.3 Å². The minimum atomic E-state index is -0.897. The summed E-state index contributed by atoms with van der Waals surface area (Å²) in [6, 6.07) is 11.1. The molecule has 1 heterocycles. The van der Waals surface area contributed by atoms with E-state index in [2.05, 4.69) is 0 Å². The van der Waals surface area contributed by atoms with Crippen LogP contribution in [0.1, 0.15) is 34.3 Å². The van der Waals surface area contributed by atoms with Crippen molar-refractivity contribution in [1.82, 2.24) is 0 Å². The Kier molecular flexibility index (Phi) is 4.13. The molecule has 2 aromatic rings. The molecule has 0 saturated carbocycles. The molecule has 0 amide bonds. The quantitative estimate of drug-likeness (QED) is 0.929. The molecule has 1 aliphatic rings. The van der Waals surface area contributed by atoms with E-state index >= 15 is 0 Å². The number of Topliss-reactive ketones (excluding diaryl/α,β-unsaturated/α-hetero) is 1. The van der Waals surface area contributed by atoms with E-state index < -0.39 is 11.9 Å². The van der Waals surface area contributed by atoms with Crippen molar-refractivity contribution in [3.63, 3.8) is 0 Å². The number of rotatable bonds is 3. The van der Waals surface area contributed by atoms with E-state index in [0.717, 1.165) is 21.1 Å². The lowest BCUT2D eigenvalue weighted by molar-refractivity contribution is -0.138. The van der Waals surface area contributed by atoms with Crippen molar-refractivity contribution in [3.05, 3.63) is 53.1 Å². The van der Waals surface area contributed by atoms with E-state index in [1.165, 1.54) is 11.8 Å². The Balaban J connectivity index is 2.03. The lowest BCUT2D eigenvalue weighted by Gasteiger charge is -2.10. The summed E-state index contributed by atoms with van der Waals surface area (Å²) < 4.78 is 5.22. The number of carboxylic acids is 1. The Morgan fingerprint density at radius 2 is 1.96 bits per heavy atom. The number of fused-ring (bicyclic) bond motifs is 2. The molecule has 0 bridgehead atoms. The van der Waals surface area contributed by atoms with Gasteiger partial charge in [-0.05, 0) is 48.4 Å². The minimum Gasteiger partial charge on any atom is -0.497 e. The fourth-order valence-electron chi connectivity index (χ4n) is 2.57. The number of carbonyl (C=O) groups is 2. The van der Waals surface area contributed by atoms with Crippen LogP contribution < -0.4 is 4.74 Å². The zero-order chi connectivity index (χ0) is 16.6. The highest BCUT2D eigenvalue weighted by molar-refractivity contribution is 7.99. The normalized spacial score (nSPS) is 14.4. The number of carbonyl (C=O) groups excluding carboxylic acids is 1.